The molecule has 1 saturated heterocycles. The Bertz CT molecular complexity index is 1130. The molecular weight excluding hydrogens is 424 g/mol. The molecule has 0 bridgehead atoms. The summed E-state index contributed by atoms with van der Waals surface area (Å²) in [6.07, 6.45) is 3.79. The van der Waals surface area contributed by atoms with E-state index >= 15 is 0 Å². The third-order valence-electron chi connectivity index (χ3n) is 5.87. The normalized spacial score (nSPS) is 14.0. The molecule has 1 aliphatic rings. The Morgan fingerprint density at radius 3 is 2.41 bits per heavy atom. The highest BCUT2D eigenvalue weighted by molar-refractivity contribution is 6.31. The summed E-state index contributed by atoms with van der Waals surface area (Å²) in [7, 11) is 0. The van der Waals surface area contributed by atoms with Crippen molar-refractivity contribution < 1.29 is 4.79 Å². The molecule has 4 rings (SSSR count). The van der Waals surface area contributed by atoms with E-state index in [-0.39, 0.29) is 12.3 Å². The van der Waals surface area contributed by atoms with Gasteiger partial charge in [0.15, 0.2) is 0 Å². The highest BCUT2D eigenvalue weighted by Crippen LogP contribution is 2.31. The van der Waals surface area contributed by atoms with Gasteiger partial charge >= 0.3 is 0 Å². The molecule has 0 unspecified atom stereocenters. The summed E-state index contributed by atoms with van der Waals surface area (Å²) in [5.41, 5.74) is 6.08. The van der Waals surface area contributed by atoms with Gasteiger partial charge in [0.2, 0.25) is 5.91 Å². The molecule has 32 heavy (non-hydrogen) atoms. The molecule has 1 amide bonds. The number of benzene rings is 1. The third kappa shape index (κ3) is 4.78. The Balaban J connectivity index is 1.57. The minimum absolute atomic E-state index is 0.0994. The van der Waals surface area contributed by atoms with Gasteiger partial charge in [-0.05, 0) is 71.2 Å². The Hall–Kier alpha value is -2.93. The molecule has 0 atom stereocenters. The number of halogens is 1. The maximum Gasteiger partial charge on any atom is 0.251 e. The van der Waals surface area contributed by atoms with Crippen molar-refractivity contribution in [1.82, 2.24) is 19.7 Å². The number of rotatable bonds is 5. The fraction of sp³-hybridized carbons (Fsp3) is 0.417. The molecule has 1 aromatic carbocycles. The molecule has 0 spiro atoms. The number of carbonyl (C=O) groups is 1. The first-order chi connectivity index (χ1) is 15.3. The van der Waals surface area contributed by atoms with E-state index in [1.54, 1.807) is 4.68 Å². The first-order valence-electron chi connectivity index (χ1n) is 11.0. The number of aromatic nitrogens is 4. The lowest BCUT2D eigenvalue weighted by molar-refractivity contribution is -0.115. The quantitative estimate of drug-likeness (QED) is 0.606. The maximum atomic E-state index is 13.0. The van der Waals surface area contributed by atoms with Crippen LogP contribution in [0, 0.1) is 27.7 Å². The number of amides is 1. The van der Waals surface area contributed by atoms with Crippen molar-refractivity contribution in [1.29, 1.82) is 0 Å². The van der Waals surface area contributed by atoms with Gasteiger partial charge in [-0.3, -0.25) is 4.79 Å². The summed E-state index contributed by atoms with van der Waals surface area (Å²) < 4.78 is 1.72. The van der Waals surface area contributed by atoms with E-state index in [2.05, 4.69) is 25.3 Å². The average molecular weight is 453 g/mol. The van der Waals surface area contributed by atoms with Gasteiger partial charge in [0.25, 0.3) is 5.95 Å². The van der Waals surface area contributed by atoms with Gasteiger partial charge in [0, 0.05) is 40.8 Å². The molecule has 1 aliphatic heterocycles. The zero-order valence-corrected chi connectivity index (χ0v) is 19.8. The number of nitrogens with one attached hydrogen (secondary N) is 1. The molecular formula is C24H29ClN6O. The number of piperidine rings is 1. The molecule has 0 radical (unpaired) electrons. The van der Waals surface area contributed by atoms with E-state index < -0.39 is 0 Å². The maximum absolute atomic E-state index is 13.0. The first kappa shape index (κ1) is 22.3. The third-order valence-corrected chi connectivity index (χ3v) is 6.10. The molecule has 8 heteroatoms. The predicted octanol–water partition coefficient (Wildman–Crippen LogP) is 4.72. The Labute approximate surface area is 193 Å². The van der Waals surface area contributed by atoms with Crippen molar-refractivity contribution in [2.75, 3.05) is 23.3 Å². The van der Waals surface area contributed by atoms with E-state index in [1.165, 1.54) is 6.42 Å². The molecule has 0 aliphatic carbocycles. The molecule has 2 aromatic heterocycles. The van der Waals surface area contributed by atoms with Crippen LogP contribution >= 0.6 is 11.6 Å². The van der Waals surface area contributed by atoms with Crippen LogP contribution in [0.3, 0.4) is 0 Å². The fourth-order valence-corrected chi connectivity index (χ4v) is 4.47. The minimum atomic E-state index is -0.0994. The smallest absolute Gasteiger partial charge is 0.251 e. The lowest BCUT2D eigenvalue weighted by atomic mass is 10.1. The van der Waals surface area contributed by atoms with Crippen LogP contribution in [-0.4, -0.2) is 38.7 Å². The molecule has 3 aromatic rings. The summed E-state index contributed by atoms with van der Waals surface area (Å²) >= 11 is 6.25. The van der Waals surface area contributed by atoms with Crippen LogP contribution in [-0.2, 0) is 11.2 Å². The zero-order valence-electron chi connectivity index (χ0n) is 19.1. The Morgan fingerprint density at radius 1 is 1.03 bits per heavy atom. The molecule has 1 N–H and O–H groups in total. The van der Waals surface area contributed by atoms with E-state index in [1.807, 2.05) is 52.0 Å². The van der Waals surface area contributed by atoms with Crippen LogP contribution in [0.4, 0.5) is 11.4 Å². The second kappa shape index (κ2) is 9.28. The summed E-state index contributed by atoms with van der Waals surface area (Å²) in [5, 5.41) is 8.30. The van der Waals surface area contributed by atoms with Crippen molar-refractivity contribution in [3.8, 4) is 5.95 Å². The lowest BCUT2D eigenvalue weighted by Crippen LogP contribution is -2.30. The van der Waals surface area contributed by atoms with E-state index in [9.17, 15) is 4.79 Å². The second-order valence-corrected chi connectivity index (χ2v) is 8.88. The summed E-state index contributed by atoms with van der Waals surface area (Å²) in [4.78, 5) is 24.4. The summed E-state index contributed by atoms with van der Waals surface area (Å²) in [5.74, 6) is 0.426. The Kier molecular flexibility index (Phi) is 6.46. The van der Waals surface area contributed by atoms with Crippen molar-refractivity contribution in [3.63, 3.8) is 0 Å². The first-order valence-corrected chi connectivity index (χ1v) is 11.4. The summed E-state index contributed by atoms with van der Waals surface area (Å²) in [6.45, 7) is 9.71. The number of carbonyl (C=O) groups excluding carboxylic acids is 1. The zero-order chi connectivity index (χ0) is 22.8. The van der Waals surface area contributed by atoms with Gasteiger partial charge in [0.1, 0.15) is 0 Å². The molecule has 0 saturated carbocycles. The van der Waals surface area contributed by atoms with Crippen molar-refractivity contribution in [3.05, 3.63) is 57.6 Å². The van der Waals surface area contributed by atoms with Crippen LogP contribution in [0.15, 0.2) is 24.3 Å². The monoisotopic (exact) mass is 452 g/mol. The van der Waals surface area contributed by atoms with E-state index in [0.717, 1.165) is 65.6 Å². The SMILES string of the molecule is Cc1cc(C)nc(-n2nc(C)c(CC(=O)Nc3cc(Cl)ccc3N3CCCCC3)c2C)n1. The average Bonchev–Trinajstić information content (AvgIpc) is 3.02. The second-order valence-electron chi connectivity index (χ2n) is 8.45. The van der Waals surface area contributed by atoms with Gasteiger partial charge < -0.3 is 10.2 Å². The lowest BCUT2D eigenvalue weighted by Gasteiger charge is -2.30. The van der Waals surface area contributed by atoms with Crippen molar-refractivity contribution in [2.45, 2.75) is 53.4 Å². The van der Waals surface area contributed by atoms with Crippen LogP contribution in [0.2, 0.25) is 5.02 Å². The van der Waals surface area contributed by atoms with Crippen LogP contribution in [0.1, 0.15) is 47.6 Å². The van der Waals surface area contributed by atoms with Gasteiger partial charge in [-0.2, -0.15) is 5.10 Å². The minimum Gasteiger partial charge on any atom is -0.370 e. The number of aryl methyl sites for hydroxylation is 3. The van der Waals surface area contributed by atoms with Crippen LogP contribution in [0.25, 0.3) is 5.95 Å². The number of anilines is 2. The van der Waals surface area contributed by atoms with E-state index in [0.29, 0.717) is 11.0 Å². The van der Waals surface area contributed by atoms with Crippen molar-refractivity contribution in [2.24, 2.45) is 0 Å². The van der Waals surface area contributed by atoms with Crippen LogP contribution < -0.4 is 10.2 Å². The molecule has 7 nitrogen and oxygen atoms in total. The summed E-state index contributed by atoms with van der Waals surface area (Å²) in [6, 6.07) is 7.63. The number of hydrogen-bond donors (Lipinski definition) is 1. The fourth-order valence-electron chi connectivity index (χ4n) is 4.30. The number of nitrogens with zero attached hydrogens (tertiary/aromatic N) is 5. The topological polar surface area (TPSA) is 75.9 Å². The highest BCUT2D eigenvalue weighted by Gasteiger charge is 2.20. The number of hydrogen-bond acceptors (Lipinski definition) is 5. The molecule has 168 valence electrons. The molecule has 3 heterocycles. The standard InChI is InChI=1S/C24H29ClN6O/c1-15-12-16(2)27-24(26-15)31-18(4)20(17(3)29-31)14-23(32)28-21-13-19(25)8-9-22(21)30-10-6-5-7-11-30/h8-9,12-13H,5-7,10-11,14H2,1-4H3,(H,28,32). The van der Waals surface area contributed by atoms with Gasteiger partial charge in [-0.15, -0.1) is 0 Å². The van der Waals surface area contributed by atoms with E-state index in [4.69, 9.17) is 11.6 Å². The molecule has 1 fully saturated rings. The highest BCUT2D eigenvalue weighted by atomic mass is 35.5. The predicted molar refractivity (Wildman–Crippen MR) is 128 cm³/mol. The largest absolute Gasteiger partial charge is 0.370 e. The van der Waals surface area contributed by atoms with Gasteiger partial charge in [-0.1, -0.05) is 11.6 Å². The van der Waals surface area contributed by atoms with Gasteiger partial charge in [-0.25, -0.2) is 14.6 Å². The van der Waals surface area contributed by atoms with Crippen LogP contribution in [0.5, 0.6) is 0 Å². The Morgan fingerprint density at radius 2 is 1.72 bits per heavy atom. The van der Waals surface area contributed by atoms with Crippen molar-refractivity contribution >= 4 is 28.9 Å². The van der Waals surface area contributed by atoms with Gasteiger partial charge in [0.05, 0.1) is 23.5 Å².